The number of carbonyl (C=O) groups is 9. The molecule has 2 aliphatic rings. The Balaban J connectivity index is 2.26. The molecule has 2 heterocycles. The van der Waals surface area contributed by atoms with Gasteiger partial charge in [-0.3, -0.25) is 43.2 Å². The molecule has 428 valence electrons. The van der Waals surface area contributed by atoms with Crippen LogP contribution in [0.4, 0.5) is 0 Å². The monoisotopic (exact) mass is 1080 g/mol. The van der Waals surface area contributed by atoms with Crippen molar-refractivity contribution in [3.63, 3.8) is 0 Å². The van der Waals surface area contributed by atoms with Crippen molar-refractivity contribution in [2.24, 2.45) is 23.7 Å². The lowest BCUT2D eigenvalue weighted by atomic mass is 9.89. The predicted octanol–water partition coefficient (Wildman–Crippen LogP) is 3.63. The fourth-order valence-corrected chi connectivity index (χ4v) is 10.6. The van der Waals surface area contributed by atoms with Crippen LogP contribution in [0.2, 0.25) is 0 Å². The topological polar surface area (TPSA) is 227 Å². The van der Waals surface area contributed by atoms with Crippen LogP contribution in [0.5, 0.6) is 0 Å². The van der Waals surface area contributed by atoms with Crippen molar-refractivity contribution in [1.29, 1.82) is 0 Å². The summed E-state index contributed by atoms with van der Waals surface area (Å²) in [5.41, 5.74) is -0.00736. The van der Waals surface area contributed by atoms with Crippen LogP contribution in [0.1, 0.15) is 120 Å². The lowest BCUT2D eigenvalue weighted by Gasteiger charge is -2.37. The van der Waals surface area contributed by atoms with E-state index in [2.05, 4.69) is 10.6 Å². The van der Waals surface area contributed by atoms with E-state index in [0.29, 0.717) is 19.5 Å². The van der Waals surface area contributed by atoms with E-state index in [0.717, 1.165) is 41.5 Å². The molecule has 1 aromatic carbocycles. The highest BCUT2D eigenvalue weighted by Crippen LogP contribution is 2.24. The molecule has 2 aliphatic heterocycles. The Bertz CT molecular complexity index is 2130. The van der Waals surface area contributed by atoms with Gasteiger partial charge in [-0.15, -0.1) is 11.8 Å². The molecular weight excluding hydrogens is 993 g/mol. The Kier molecular flexibility index (Phi) is 25.9. The molecule has 1 aromatic rings. The van der Waals surface area contributed by atoms with Crippen molar-refractivity contribution in [2.45, 2.75) is 169 Å². The molecule has 0 unspecified atom stereocenters. The van der Waals surface area contributed by atoms with Gasteiger partial charge < -0.3 is 49.9 Å². The normalized spacial score (nSPS) is 25.7. The number of ether oxygens (including phenoxy) is 1. The third-order valence-electron chi connectivity index (χ3n) is 14.5. The maximum Gasteiger partial charge on any atom is 0.247 e. The molecule has 0 aromatic heterocycles. The van der Waals surface area contributed by atoms with Gasteiger partial charge in [-0.05, 0) is 83.1 Å². The van der Waals surface area contributed by atoms with E-state index in [1.807, 2.05) is 71.9 Å². The molecule has 19 nitrogen and oxygen atoms in total. The van der Waals surface area contributed by atoms with Crippen molar-refractivity contribution in [1.82, 2.24) is 40.0 Å². The molecule has 0 radical (unpaired) electrons. The number of hydrogen-bond acceptors (Lipinski definition) is 12. The number of piperidine rings is 1. The van der Waals surface area contributed by atoms with Crippen molar-refractivity contribution < 1.29 is 53.0 Å². The van der Waals surface area contributed by atoms with Gasteiger partial charge >= 0.3 is 0 Å². The number of carbonyl (C=O) groups excluding carboxylic acids is 9. The third-order valence-corrected chi connectivity index (χ3v) is 15.6. The number of nitrogens with zero attached hydrogens (tertiary/aromatic N) is 6. The van der Waals surface area contributed by atoms with Crippen LogP contribution >= 0.6 is 11.8 Å². The number of nitrogens with one attached hydrogen (secondary N) is 2. The summed E-state index contributed by atoms with van der Waals surface area (Å²) >= 11 is 1.12. The molecule has 0 spiro atoms. The van der Waals surface area contributed by atoms with Crippen LogP contribution in [0.15, 0.2) is 30.3 Å². The molecular formula is C56H92N8O11S. The minimum atomic E-state index is -1.35. The Labute approximate surface area is 457 Å². The number of Topliss-reactive ketones (excluding diaryl/α,β-unsaturated/α-hetero) is 1. The Morgan fingerprint density at radius 1 is 0.724 bits per heavy atom. The average molecular weight is 1090 g/mol. The third kappa shape index (κ3) is 19.1. The van der Waals surface area contributed by atoms with Gasteiger partial charge in [0.1, 0.15) is 30.2 Å². The summed E-state index contributed by atoms with van der Waals surface area (Å²) in [5, 5.41) is 16.9. The zero-order valence-corrected chi connectivity index (χ0v) is 49.1. The van der Waals surface area contributed by atoms with Crippen LogP contribution in [0.25, 0.3) is 0 Å². The van der Waals surface area contributed by atoms with Crippen LogP contribution in [0, 0.1) is 23.7 Å². The zero-order valence-electron chi connectivity index (χ0n) is 48.3. The van der Waals surface area contributed by atoms with Crippen LogP contribution in [-0.4, -0.2) is 208 Å². The lowest BCUT2D eigenvalue weighted by Crippen LogP contribution is -2.61. The molecule has 0 saturated carbocycles. The summed E-state index contributed by atoms with van der Waals surface area (Å²) in [4.78, 5) is 139. The number of amides is 8. The van der Waals surface area contributed by atoms with E-state index < -0.39 is 120 Å². The summed E-state index contributed by atoms with van der Waals surface area (Å²) in [6.45, 7) is 18.1. The van der Waals surface area contributed by atoms with Crippen molar-refractivity contribution in [3.05, 3.63) is 35.9 Å². The van der Waals surface area contributed by atoms with E-state index in [-0.39, 0.29) is 55.1 Å². The number of rotatable bonds is 12. The molecule has 8 amide bonds. The second-order valence-corrected chi connectivity index (χ2v) is 23.9. The number of aliphatic hydroxyl groups excluding tert-OH is 1. The molecule has 0 aliphatic carbocycles. The predicted molar refractivity (Wildman–Crippen MR) is 294 cm³/mol. The van der Waals surface area contributed by atoms with E-state index in [9.17, 15) is 48.3 Å². The highest BCUT2D eigenvalue weighted by Gasteiger charge is 2.42. The van der Waals surface area contributed by atoms with Crippen molar-refractivity contribution in [3.8, 4) is 0 Å². The highest BCUT2D eigenvalue weighted by molar-refractivity contribution is 8.00. The Hall–Kier alpha value is -5.08. The van der Waals surface area contributed by atoms with Gasteiger partial charge in [0.25, 0.3) is 0 Å². The first kappa shape index (κ1) is 65.2. The Morgan fingerprint density at radius 2 is 1.30 bits per heavy atom. The standard InChI is InChI=1S/C56H92N8O11S/c1-16-37(6)49-51(70)58-42(54(73)64-25-21-18-22-26-64)33-76-34-48(68)61(13)45(29-39-23-19-17-20-24-39)55(74)62(14)43(27-35(2)3)46(66)30-40(38(7)65)52(71)59(11)31-47(67)60(12)44(28-36(4)5)50(69)57-41(53(72)63(49)15)32-75-56(8,9)10/h17,19-20,23-24,35-38,40-45,49,65H,16,18,21-22,25-34H2,1-15H3,(H,57,69)(H,58,70)/t37-,38+,40-,41-,42-,43-,44-,45-,49-/m0/s1. The second-order valence-electron chi connectivity index (χ2n) is 22.9. The average Bonchev–Trinajstić information content (AvgIpc) is 3.36. The summed E-state index contributed by atoms with van der Waals surface area (Å²) in [5.74, 6) is -7.28. The highest BCUT2D eigenvalue weighted by atomic mass is 32.2. The summed E-state index contributed by atoms with van der Waals surface area (Å²) in [7, 11) is 7.28. The fraction of sp³-hybridized carbons (Fsp3) is 0.732. The van der Waals surface area contributed by atoms with E-state index in [1.54, 1.807) is 25.7 Å². The van der Waals surface area contributed by atoms with Crippen molar-refractivity contribution >= 4 is 64.8 Å². The van der Waals surface area contributed by atoms with Crippen LogP contribution < -0.4 is 10.6 Å². The zero-order chi connectivity index (χ0) is 57.4. The first-order chi connectivity index (χ1) is 35.5. The minimum absolute atomic E-state index is 0.0202. The smallest absolute Gasteiger partial charge is 0.247 e. The molecule has 3 N–H and O–H groups in total. The largest absolute Gasteiger partial charge is 0.393 e. The van der Waals surface area contributed by atoms with E-state index in [4.69, 9.17) is 4.74 Å². The molecule has 2 fully saturated rings. The number of benzene rings is 1. The molecule has 20 heteroatoms. The van der Waals surface area contributed by atoms with Gasteiger partial charge in [0, 0.05) is 66.9 Å². The van der Waals surface area contributed by atoms with Gasteiger partial charge in [-0.1, -0.05) is 78.3 Å². The molecule has 9 atom stereocenters. The number of thioether (sulfide) groups is 1. The van der Waals surface area contributed by atoms with Gasteiger partial charge in [0.05, 0.1) is 42.6 Å². The SMILES string of the molecule is CC[C@H](C)[C@H]1C(=O)N[C@H](C(=O)N2CCCCC2)CSCC(=O)N(C)[C@@H](Cc2ccccc2)C(=O)N(C)[C@@H](CC(C)C)C(=O)C[C@@H]([C@@H](C)O)C(=O)N(C)CC(=O)N(C)[C@@H](CC(C)C)C(=O)N[C@@H](COC(C)(C)C)C(=O)N1C. The number of ketones is 1. The second kappa shape index (κ2) is 30.2. The quantitative estimate of drug-likeness (QED) is 0.273. The number of likely N-dealkylation sites (N-methyl/N-ethyl adjacent to an activating group) is 5. The number of hydrogen-bond donors (Lipinski definition) is 3. The van der Waals surface area contributed by atoms with Crippen LogP contribution in [0.3, 0.4) is 0 Å². The lowest BCUT2D eigenvalue weighted by molar-refractivity contribution is -0.150. The number of likely N-dealkylation sites (tertiary alicyclic amines) is 1. The maximum atomic E-state index is 14.9. The van der Waals surface area contributed by atoms with Gasteiger partial charge in [-0.2, -0.15) is 0 Å². The molecule has 3 rings (SSSR count). The maximum absolute atomic E-state index is 14.9. The molecule has 76 heavy (non-hydrogen) atoms. The first-order valence-corrected chi connectivity index (χ1v) is 28.3. The van der Waals surface area contributed by atoms with Crippen molar-refractivity contribution in [2.75, 3.05) is 73.0 Å². The first-order valence-electron chi connectivity index (χ1n) is 27.2. The van der Waals surface area contributed by atoms with E-state index in [1.165, 1.54) is 61.8 Å². The van der Waals surface area contributed by atoms with Gasteiger partial charge in [0.15, 0.2) is 5.78 Å². The number of aliphatic hydroxyl groups is 1. The van der Waals surface area contributed by atoms with Crippen LogP contribution in [-0.2, 0) is 54.3 Å². The summed E-state index contributed by atoms with van der Waals surface area (Å²) in [6, 6.07) is 2.26. The molecule has 2 saturated heterocycles. The summed E-state index contributed by atoms with van der Waals surface area (Å²) < 4.78 is 6.11. The van der Waals surface area contributed by atoms with E-state index >= 15 is 0 Å². The minimum Gasteiger partial charge on any atom is -0.393 e. The molecule has 0 bridgehead atoms. The fourth-order valence-electron chi connectivity index (χ4n) is 9.63. The van der Waals surface area contributed by atoms with Gasteiger partial charge in [0.2, 0.25) is 47.3 Å². The Morgan fingerprint density at radius 3 is 1.86 bits per heavy atom. The summed E-state index contributed by atoms with van der Waals surface area (Å²) in [6.07, 6.45) is 1.61. The van der Waals surface area contributed by atoms with Gasteiger partial charge in [-0.25, -0.2) is 0 Å².